The van der Waals surface area contributed by atoms with Crippen LogP contribution >= 0.6 is 11.6 Å². The predicted octanol–water partition coefficient (Wildman–Crippen LogP) is 2.73. The van der Waals surface area contributed by atoms with Gasteiger partial charge in [0.1, 0.15) is 0 Å². The van der Waals surface area contributed by atoms with Crippen LogP contribution in [0.3, 0.4) is 0 Å². The second kappa shape index (κ2) is 2.85. The summed E-state index contributed by atoms with van der Waals surface area (Å²) in [6, 6.07) is 2.58. The molecule has 0 saturated carbocycles. The minimum Gasteiger partial charge on any atom is -0.504 e. The zero-order valence-corrected chi connectivity index (χ0v) is 7.22. The average Bonchev–Trinajstić information content (AvgIpc) is 2.15. The molecule has 1 aromatic carbocycles. The number of pyridine rings is 1. The summed E-state index contributed by atoms with van der Waals surface area (Å²) in [6.45, 7) is 0. The molecule has 4 heteroatoms. The van der Waals surface area contributed by atoms with E-state index >= 15 is 0 Å². The van der Waals surface area contributed by atoms with Gasteiger partial charge < -0.3 is 5.11 Å². The van der Waals surface area contributed by atoms with Gasteiger partial charge in [-0.15, -0.1) is 0 Å². The summed E-state index contributed by atoms with van der Waals surface area (Å²) in [5, 5.41) is 10.5. The number of phenols is 1. The number of fused-ring (bicyclic) bond motifs is 1. The van der Waals surface area contributed by atoms with Gasteiger partial charge in [-0.25, -0.2) is 4.39 Å². The van der Waals surface area contributed by atoms with Crippen LogP contribution in [0.1, 0.15) is 0 Å². The van der Waals surface area contributed by atoms with E-state index in [4.69, 9.17) is 11.6 Å². The van der Waals surface area contributed by atoms with Crippen molar-refractivity contribution >= 4 is 22.4 Å². The Morgan fingerprint density at radius 1 is 1.38 bits per heavy atom. The lowest BCUT2D eigenvalue weighted by atomic mass is 10.1. The zero-order chi connectivity index (χ0) is 9.42. The molecular weight excluding hydrogens is 193 g/mol. The highest BCUT2D eigenvalue weighted by molar-refractivity contribution is 6.35. The van der Waals surface area contributed by atoms with Gasteiger partial charge in [0.15, 0.2) is 11.6 Å². The topological polar surface area (TPSA) is 33.1 Å². The van der Waals surface area contributed by atoms with E-state index in [0.29, 0.717) is 10.8 Å². The molecule has 0 spiro atoms. The lowest BCUT2D eigenvalue weighted by molar-refractivity contribution is 0.439. The minimum absolute atomic E-state index is 0.249. The van der Waals surface area contributed by atoms with Gasteiger partial charge in [0.2, 0.25) is 0 Å². The monoisotopic (exact) mass is 197 g/mol. The molecule has 66 valence electrons. The molecule has 0 aliphatic rings. The van der Waals surface area contributed by atoms with E-state index in [-0.39, 0.29) is 10.8 Å². The average molecular weight is 198 g/mol. The second-order valence-electron chi connectivity index (χ2n) is 2.61. The second-order valence-corrected chi connectivity index (χ2v) is 3.02. The van der Waals surface area contributed by atoms with Crippen molar-refractivity contribution in [2.24, 2.45) is 0 Å². The molecule has 0 aliphatic carbocycles. The molecule has 0 atom stereocenters. The fourth-order valence-corrected chi connectivity index (χ4v) is 1.42. The first kappa shape index (κ1) is 8.26. The zero-order valence-electron chi connectivity index (χ0n) is 6.46. The molecule has 1 heterocycles. The van der Waals surface area contributed by atoms with Gasteiger partial charge in [-0.2, -0.15) is 0 Å². The Bertz CT molecular complexity index is 472. The van der Waals surface area contributed by atoms with Crippen molar-refractivity contribution in [3.05, 3.63) is 35.4 Å². The van der Waals surface area contributed by atoms with Crippen molar-refractivity contribution < 1.29 is 9.50 Å². The van der Waals surface area contributed by atoms with E-state index in [2.05, 4.69) is 4.98 Å². The Balaban J connectivity index is 2.97. The maximum absolute atomic E-state index is 13.0. The van der Waals surface area contributed by atoms with Crippen LogP contribution < -0.4 is 0 Å². The van der Waals surface area contributed by atoms with Gasteiger partial charge in [0.05, 0.1) is 5.02 Å². The standard InChI is InChI=1S/C9H5ClFNO/c10-7-3-8(11)9(13)5-1-2-12-4-6(5)7/h1-4,13H. The summed E-state index contributed by atoms with van der Waals surface area (Å²) < 4.78 is 13.0. The molecule has 13 heavy (non-hydrogen) atoms. The van der Waals surface area contributed by atoms with Gasteiger partial charge in [0, 0.05) is 23.2 Å². The molecule has 2 aromatic rings. The third-order valence-electron chi connectivity index (χ3n) is 1.81. The van der Waals surface area contributed by atoms with E-state index < -0.39 is 5.82 Å². The van der Waals surface area contributed by atoms with Crippen LogP contribution in [0.25, 0.3) is 10.8 Å². The SMILES string of the molecule is Oc1c(F)cc(Cl)c2cnccc12. The highest BCUT2D eigenvalue weighted by Crippen LogP contribution is 2.32. The van der Waals surface area contributed by atoms with Crippen molar-refractivity contribution in [2.75, 3.05) is 0 Å². The normalized spacial score (nSPS) is 10.6. The maximum Gasteiger partial charge on any atom is 0.166 e. The number of benzene rings is 1. The number of hydrogen-bond acceptors (Lipinski definition) is 2. The number of nitrogens with zero attached hydrogens (tertiary/aromatic N) is 1. The molecule has 0 bridgehead atoms. The molecule has 1 N–H and O–H groups in total. The number of halogens is 2. The van der Waals surface area contributed by atoms with Crippen LogP contribution in [0.2, 0.25) is 5.02 Å². The predicted molar refractivity (Wildman–Crippen MR) is 48.4 cm³/mol. The molecule has 0 aliphatic heterocycles. The fraction of sp³-hybridized carbons (Fsp3) is 0. The van der Waals surface area contributed by atoms with Gasteiger partial charge in [-0.05, 0) is 12.1 Å². The minimum atomic E-state index is -0.719. The van der Waals surface area contributed by atoms with E-state index in [0.717, 1.165) is 6.07 Å². The first-order chi connectivity index (χ1) is 6.20. The number of aromatic hydroxyl groups is 1. The Morgan fingerprint density at radius 2 is 2.15 bits per heavy atom. The molecule has 1 aromatic heterocycles. The van der Waals surface area contributed by atoms with E-state index in [9.17, 15) is 9.50 Å². The highest BCUT2D eigenvalue weighted by Gasteiger charge is 2.09. The number of aromatic nitrogens is 1. The Kier molecular flexibility index (Phi) is 1.81. The van der Waals surface area contributed by atoms with Gasteiger partial charge in [-0.1, -0.05) is 11.6 Å². The molecular formula is C9H5ClFNO. The van der Waals surface area contributed by atoms with Crippen LogP contribution in [0.4, 0.5) is 4.39 Å². The smallest absolute Gasteiger partial charge is 0.166 e. The summed E-state index contributed by atoms with van der Waals surface area (Å²) in [7, 11) is 0. The van der Waals surface area contributed by atoms with Crippen molar-refractivity contribution in [3.8, 4) is 5.75 Å². The van der Waals surface area contributed by atoms with Crippen LogP contribution in [-0.4, -0.2) is 10.1 Å². The number of rotatable bonds is 0. The molecule has 0 unspecified atom stereocenters. The third kappa shape index (κ3) is 1.21. The van der Waals surface area contributed by atoms with Crippen LogP contribution in [0.15, 0.2) is 24.5 Å². The van der Waals surface area contributed by atoms with Crippen molar-refractivity contribution in [1.82, 2.24) is 4.98 Å². The number of hydrogen-bond donors (Lipinski definition) is 1. The first-order valence-corrected chi connectivity index (χ1v) is 3.98. The highest BCUT2D eigenvalue weighted by atomic mass is 35.5. The van der Waals surface area contributed by atoms with Crippen molar-refractivity contribution in [3.63, 3.8) is 0 Å². The van der Waals surface area contributed by atoms with E-state index in [1.165, 1.54) is 18.5 Å². The van der Waals surface area contributed by atoms with Gasteiger partial charge in [-0.3, -0.25) is 4.98 Å². The molecule has 0 saturated heterocycles. The lowest BCUT2D eigenvalue weighted by Crippen LogP contribution is -1.82. The van der Waals surface area contributed by atoms with E-state index in [1.807, 2.05) is 0 Å². The molecule has 0 fully saturated rings. The Hall–Kier alpha value is -1.35. The third-order valence-corrected chi connectivity index (χ3v) is 2.13. The van der Waals surface area contributed by atoms with E-state index in [1.54, 1.807) is 0 Å². The Labute approximate surface area is 78.6 Å². The molecule has 0 radical (unpaired) electrons. The summed E-state index contributed by atoms with van der Waals surface area (Å²) in [6.07, 6.45) is 2.95. The maximum atomic E-state index is 13.0. The Morgan fingerprint density at radius 3 is 2.92 bits per heavy atom. The van der Waals surface area contributed by atoms with Crippen LogP contribution in [-0.2, 0) is 0 Å². The largest absolute Gasteiger partial charge is 0.504 e. The summed E-state index contributed by atoms with van der Waals surface area (Å²) in [4.78, 5) is 3.83. The molecule has 2 rings (SSSR count). The van der Waals surface area contributed by atoms with Crippen molar-refractivity contribution in [1.29, 1.82) is 0 Å². The summed E-state index contributed by atoms with van der Waals surface area (Å²) in [5.41, 5.74) is 0. The first-order valence-electron chi connectivity index (χ1n) is 3.61. The molecule has 2 nitrogen and oxygen atoms in total. The summed E-state index contributed by atoms with van der Waals surface area (Å²) in [5.74, 6) is -1.11. The van der Waals surface area contributed by atoms with Crippen molar-refractivity contribution in [2.45, 2.75) is 0 Å². The summed E-state index contributed by atoms with van der Waals surface area (Å²) >= 11 is 5.74. The molecule has 0 amide bonds. The quantitative estimate of drug-likeness (QED) is 0.705. The van der Waals surface area contributed by atoms with Gasteiger partial charge in [0.25, 0.3) is 0 Å². The van der Waals surface area contributed by atoms with Gasteiger partial charge >= 0.3 is 0 Å². The fourth-order valence-electron chi connectivity index (χ4n) is 1.18. The lowest BCUT2D eigenvalue weighted by Gasteiger charge is -2.02. The number of phenolic OH excluding ortho intramolecular Hbond substituents is 1. The van der Waals surface area contributed by atoms with Crippen LogP contribution in [0.5, 0.6) is 5.75 Å². The van der Waals surface area contributed by atoms with Crippen LogP contribution in [0, 0.1) is 5.82 Å².